The van der Waals surface area contributed by atoms with E-state index in [9.17, 15) is 4.39 Å². The minimum Gasteiger partial charge on any atom is -0.383 e. The van der Waals surface area contributed by atoms with Gasteiger partial charge in [-0.15, -0.1) is 11.8 Å². The molecule has 1 aromatic carbocycles. The summed E-state index contributed by atoms with van der Waals surface area (Å²) in [7, 11) is 0. The highest BCUT2D eigenvalue weighted by atomic mass is 32.2. The highest BCUT2D eigenvalue weighted by Gasteiger charge is 2.14. The van der Waals surface area contributed by atoms with E-state index in [0.717, 1.165) is 17.1 Å². The van der Waals surface area contributed by atoms with Crippen LogP contribution in [0.25, 0.3) is 0 Å². The highest BCUT2D eigenvalue weighted by molar-refractivity contribution is 8.00. The Bertz CT molecular complexity index is 301. The normalized spacial score (nSPS) is 21.3. The summed E-state index contributed by atoms with van der Waals surface area (Å²) >= 11 is 1.72. The van der Waals surface area contributed by atoms with Crippen molar-refractivity contribution in [3.8, 4) is 0 Å². The van der Waals surface area contributed by atoms with Gasteiger partial charge in [-0.1, -0.05) is 6.92 Å². The first-order valence-electron chi connectivity index (χ1n) is 3.96. The van der Waals surface area contributed by atoms with Gasteiger partial charge in [0.1, 0.15) is 5.82 Å². The molecule has 1 aliphatic heterocycles. The molecule has 0 radical (unpaired) electrons. The Morgan fingerprint density at radius 3 is 3.25 bits per heavy atom. The molecule has 0 bridgehead atoms. The molecule has 0 amide bonds. The molecule has 2 rings (SSSR count). The number of thioether (sulfide) groups is 1. The third kappa shape index (κ3) is 1.41. The van der Waals surface area contributed by atoms with Crippen LogP contribution in [0.2, 0.25) is 0 Å². The predicted octanol–water partition coefficient (Wildman–Crippen LogP) is 2.73. The predicted molar refractivity (Wildman–Crippen MR) is 50.2 cm³/mol. The zero-order valence-electron chi connectivity index (χ0n) is 6.80. The van der Waals surface area contributed by atoms with Gasteiger partial charge in [-0.05, 0) is 18.2 Å². The van der Waals surface area contributed by atoms with E-state index in [1.54, 1.807) is 23.9 Å². The molecule has 3 heteroatoms. The first-order valence-corrected chi connectivity index (χ1v) is 4.84. The largest absolute Gasteiger partial charge is 0.383 e. The van der Waals surface area contributed by atoms with E-state index in [-0.39, 0.29) is 5.82 Å². The average Bonchev–Trinajstić information content (AvgIpc) is 2.03. The summed E-state index contributed by atoms with van der Waals surface area (Å²) in [5.41, 5.74) is 1.06. The lowest BCUT2D eigenvalue weighted by atomic mass is 10.3. The van der Waals surface area contributed by atoms with E-state index in [0.29, 0.717) is 5.25 Å². The summed E-state index contributed by atoms with van der Waals surface area (Å²) < 4.78 is 12.8. The van der Waals surface area contributed by atoms with Gasteiger partial charge in [-0.2, -0.15) is 0 Å². The van der Waals surface area contributed by atoms with E-state index in [1.807, 2.05) is 0 Å². The molecule has 0 spiro atoms. The van der Waals surface area contributed by atoms with Crippen LogP contribution < -0.4 is 5.32 Å². The van der Waals surface area contributed by atoms with E-state index in [2.05, 4.69) is 12.2 Å². The Balaban J connectivity index is 2.37. The van der Waals surface area contributed by atoms with Crippen molar-refractivity contribution in [2.24, 2.45) is 0 Å². The van der Waals surface area contributed by atoms with E-state index < -0.39 is 0 Å². The smallest absolute Gasteiger partial charge is 0.124 e. The molecule has 1 aromatic rings. The summed E-state index contributed by atoms with van der Waals surface area (Å²) in [5, 5.41) is 3.78. The highest BCUT2D eigenvalue weighted by Crippen LogP contribution is 2.34. The molecule has 0 saturated carbocycles. The van der Waals surface area contributed by atoms with E-state index in [4.69, 9.17) is 0 Å². The molecule has 0 aliphatic carbocycles. The number of rotatable bonds is 0. The Morgan fingerprint density at radius 2 is 2.42 bits per heavy atom. The molecule has 12 heavy (non-hydrogen) atoms. The Kier molecular flexibility index (Phi) is 1.97. The van der Waals surface area contributed by atoms with Crippen LogP contribution in [0, 0.1) is 5.82 Å². The molecule has 1 unspecified atom stereocenters. The van der Waals surface area contributed by atoms with E-state index >= 15 is 0 Å². The number of nitrogens with one attached hydrogen (secondary N) is 1. The molecule has 1 aliphatic rings. The zero-order chi connectivity index (χ0) is 8.55. The van der Waals surface area contributed by atoms with Gasteiger partial charge in [-0.25, -0.2) is 4.39 Å². The van der Waals surface area contributed by atoms with Crippen molar-refractivity contribution in [1.82, 2.24) is 0 Å². The maximum atomic E-state index is 12.8. The molecule has 0 aromatic heterocycles. The monoisotopic (exact) mass is 183 g/mol. The van der Waals surface area contributed by atoms with Crippen LogP contribution in [-0.4, -0.2) is 11.8 Å². The van der Waals surface area contributed by atoms with Crippen molar-refractivity contribution in [1.29, 1.82) is 0 Å². The van der Waals surface area contributed by atoms with Gasteiger partial charge < -0.3 is 5.32 Å². The van der Waals surface area contributed by atoms with Gasteiger partial charge in [0.25, 0.3) is 0 Å². The molecule has 1 atom stereocenters. The number of anilines is 1. The summed E-state index contributed by atoms with van der Waals surface area (Å²) in [6, 6.07) is 4.87. The molecular formula is C9H10FNS. The Hall–Kier alpha value is -0.700. The van der Waals surface area contributed by atoms with Gasteiger partial charge in [-0.3, -0.25) is 0 Å². The molecule has 1 heterocycles. The second-order valence-corrected chi connectivity index (χ2v) is 4.43. The SMILES string of the molecule is CC1CNc2ccc(F)cc2S1. The van der Waals surface area contributed by atoms with Gasteiger partial charge in [0.15, 0.2) is 0 Å². The van der Waals surface area contributed by atoms with Crippen molar-refractivity contribution in [3.63, 3.8) is 0 Å². The second-order valence-electron chi connectivity index (χ2n) is 2.95. The van der Waals surface area contributed by atoms with Crippen molar-refractivity contribution < 1.29 is 4.39 Å². The standard InChI is InChI=1S/C9H10FNS/c1-6-5-11-8-3-2-7(10)4-9(8)12-6/h2-4,6,11H,5H2,1H3. The Morgan fingerprint density at radius 1 is 1.58 bits per heavy atom. The third-order valence-corrected chi connectivity index (χ3v) is 3.01. The molecule has 0 saturated heterocycles. The summed E-state index contributed by atoms with van der Waals surface area (Å²) in [6.45, 7) is 3.09. The first kappa shape index (κ1) is 7.92. The number of hydrogen-bond donors (Lipinski definition) is 1. The number of fused-ring (bicyclic) bond motifs is 1. The minimum absolute atomic E-state index is 0.155. The van der Waals surface area contributed by atoms with Gasteiger partial charge in [0.2, 0.25) is 0 Å². The van der Waals surface area contributed by atoms with Crippen LogP contribution in [0.4, 0.5) is 10.1 Å². The Labute approximate surface area is 75.4 Å². The maximum Gasteiger partial charge on any atom is 0.124 e. The quantitative estimate of drug-likeness (QED) is 0.663. The van der Waals surface area contributed by atoms with Crippen LogP contribution in [0.3, 0.4) is 0 Å². The van der Waals surface area contributed by atoms with Crippen molar-refractivity contribution in [3.05, 3.63) is 24.0 Å². The van der Waals surface area contributed by atoms with Crippen LogP contribution >= 0.6 is 11.8 Å². The third-order valence-electron chi connectivity index (χ3n) is 1.85. The zero-order valence-corrected chi connectivity index (χ0v) is 7.62. The topological polar surface area (TPSA) is 12.0 Å². The number of halogens is 1. The molecular weight excluding hydrogens is 173 g/mol. The number of benzene rings is 1. The first-order chi connectivity index (χ1) is 5.75. The maximum absolute atomic E-state index is 12.8. The summed E-state index contributed by atoms with van der Waals surface area (Å²) in [6.07, 6.45) is 0. The lowest BCUT2D eigenvalue weighted by molar-refractivity contribution is 0.624. The fraction of sp³-hybridized carbons (Fsp3) is 0.333. The van der Waals surface area contributed by atoms with Crippen LogP contribution in [0.15, 0.2) is 23.1 Å². The lowest BCUT2D eigenvalue weighted by Gasteiger charge is -2.22. The summed E-state index contributed by atoms with van der Waals surface area (Å²) in [5.74, 6) is -0.155. The lowest BCUT2D eigenvalue weighted by Crippen LogP contribution is -2.18. The van der Waals surface area contributed by atoms with Crippen molar-refractivity contribution in [2.75, 3.05) is 11.9 Å². The second kappa shape index (κ2) is 2.98. The fourth-order valence-corrected chi connectivity index (χ4v) is 2.30. The van der Waals surface area contributed by atoms with Crippen molar-refractivity contribution in [2.45, 2.75) is 17.1 Å². The molecule has 1 N–H and O–H groups in total. The summed E-state index contributed by atoms with van der Waals surface area (Å²) in [4.78, 5) is 1.02. The fourth-order valence-electron chi connectivity index (χ4n) is 1.25. The van der Waals surface area contributed by atoms with Crippen molar-refractivity contribution >= 4 is 17.4 Å². The van der Waals surface area contributed by atoms with Gasteiger partial charge in [0.05, 0.1) is 0 Å². The van der Waals surface area contributed by atoms with Gasteiger partial charge >= 0.3 is 0 Å². The molecule has 64 valence electrons. The van der Waals surface area contributed by atoms with Crippen LogP contribution in [0.1, 0.15) is 6.92 Å². The number of hydrogen-bond acceptors (Lipinski definition) is 2. The average molecular weight is 183 g/mol. The van der Waals surface area contributed by atoms with E-state index in [1.165, 1.54) is 6.07 Å². The van der Waals surface area contributed by atoms with Crippen LogP contribution in [0.5, 0.6) is 0 Å². The van der Waals surface area contributed by atoms with Crippen LogP contribution in [-0.2, 0) is 0 Å². The molecule has 1 nitrogen and oxygen atoms in total. The minimum atomic E-state index is -0.155. The molecule has 0 fully saturated rings. The van der Waals surface area contributed by atoms with Gasteiger partial charge in [0, 0.05) is 22.4 Å².